The molecule has 4 aromatic rings. The number of halogens is 1. The van der Waals surface area contributed by atoms with Crippen LogP contribution in [0.25, 0.3) is 21.9 Å². The van der Waals surface area contributed by atoms with Crippen LogP contribution in [-0.4, -0.2) is 50.4 Å². The molecule has 0 saturated carbocycles. The third-order valence-corrected chi connectivity index (χ3v) is 9.01. The average molecular weight is 551 g/mol. The third-order valence-electron chi connectivity index (χ3n) is 8.15. The summed E-state index contributed by atoms with van der Waals surface area (Å²) in [6.07, 6.45) is -0.503. The van der Waals surface area contributed by atoms with E-state index in [4.69, 9.17) is 25.6 Å². The molecule has 0 radical (unpaired) electrons. The van der Waals surface area contributed by atoms with Crippen molar-refractivity contribution in [2.45, 2.75) is 37.1 Å². The van der Waals surface area contributed by atoms with Crippen LogP contribution in [-0.2, 0) is 14.3 Å². The van der Waals surface area contributed by atoms with Crippen molar-refractivity contribution in [1.82, 2.24) is 9.53 Å². The van der Waals surface area contributed by atoms with Gasteiger partial charge >= 0.3 is 0 Å². The van der Waals surface area contributed by atoms with E-state index in [9.17, 15) is 20.0 Å². The molecule has 5 atom stereocenters. The number of aromatic nitrogens is 2. The van der Waals surface area contributed by atoms with Crippen LogP contribution in [0.4, 0.5) is 5.69 Å². The SMILES string of the molecule is C[C@@]12O[C@@](CCOc3noc4ccc(Cl)cc34)(C[C@H]1O)[C@@H]1C(=O)N(c3ccc(C#N)c4nscc34)C(=O)[C@@H]12. The van der Waals surface area contributed by atoms with Crippen molar-refractivity contribution < 1.29 is 28.7 Å². The third kappa shape index (κ3) is 3.00. The van der Waals surface area contributed by atoms with Gasteiger partial charge in [-0.1, -0.05) is 11.6 Å². The zero-order valence-electron chi connectivity index (χ0n) is 19.9. The summed E-state index contributed by atoms with van der Waals surface area (Å²) >= 11 is 7.25. The molecule has 5 heterocycles. The molecule has 2 bridgehead atoms. The molecule has 3 aliphatic rings. The molecular formula is C26H19ClN4O6S. The normalized spacial score (nSPS) is 29.9. The molecule has 3 saturated heterocycles. The quantitative estimate of drug-likeness (QED) is 0.367. The lowest BCUT2D eigenvalue weighted by Gasteiger charge is -2.33. The van der Waals surface area contributed by atoms with Crippen molar-refractivity contribution in [2.75, 3.05) is 11.5 Å². The minimum absolute atomic E-state index is 0.108. The molecular weight excluding hydrogens is 532 g/mol. The van der Waals surface area contributed by atoms with Gasteiger partial charge in [0.1, 0.15) is 17.2 Å². The Labute approximate surface area is 224 Å². The number of aliphatic hydroxyl groups excluding tert-OH is 1. The Morgan fingerprint density at radius 3 is 2.89 bits per heavy atom. The Morgan fingerprint density at radius 2 is 2.08 bits per heavy atom. The molecule has 0 spiro atoms. The fraction of sp³-hybridized carbons (Fsp3) is 0.346. The van der Waals surface area contributed by atoms with E-state index >= 15 is 0 Å². The lowest BCUT2D eigenvalue weighted by atomic mass is 9.66. The standard InChI is InChI=1S/C26H19ClN4O6S/c1-25-18(32)9-26(37-25,6-7-35-22-14-8-13(27)3-5-17(14)36-29-22)20-19(25)23(33)31(24(20)34)16-4-2-12(10-28)21-15(16)11-38-30-21/h2-5,8,11,18-20,32H,6-7,9H2,1H3/t18-,19-,20+,25-,26+/m1/s1. The molecule has 7 rings (SSSR count). The van der Waals surface area contributed by atoms with Gasteiger partial charge in [-0.05, 0) is 53.9 Å². The van der Waals surface area contributed by atoms with Crippen molar-refractivity contribution in [3.05, 3.63) is 46.3 Å². The van der Waals surface area contributed by atoms with Crippen molar-refractivity contribution in [1.29, 1.82) is 5.26 Å². The molecule has 0 unspecified atom stereocenters. The number of carbonyl (C=O) groups is 2. The summed E-state index contributed by atoms with van der Waals surface area (Å²) in [5.74, 6) is -2.23. The maximum Gasteiger partial charge on any atom is 0.262 e. The number of rotatable bonds is 5. The van der Waals surface area contributed by atoms with Crippen molar-refractivity contribution in [3.63, 3.8) is 0 Å². The second-order valence-electron chi connectivity index (χ2n) is 10.1. The predicted octanol–water partition coefficient (Wildman–Crippen LogP) is 3.83. The molecule has 12 heteroatoms. The monoisotopic (exact) mass is 550 g/mol. The number of carbonyl (C=O) groups excluding carboxylic acids is 2. The lowest BCUT2D eigenvalue weighted by Crippen LogP contribution is -2.49. The number of imide groups is 1. The van der Waals surface area contributed by atoms with E-state index in [1.54, 1.807) is 42.6 Å². The maximum absolute atomic E-state index is 13.9. The first-order valence-electron chi connectivity index (χ1n) is 12.0. The van der Waals surface area contributed by atoms with E-state index in [2.05, 4.69) is 15.6 Å². The average Bonchev–Trinajstić information content (AvgIpc) is 3.67. The zero-order chi connectivity index (χ0) is 26.4. The van der Waals surface area contributed by atoms with Crippen LogP contribution in [0.1, 0.15) is 25.3 Å². The summed E-state index contributed by atoms with van der Waals surface area (Å²) in [4.78, 5) is 28.9. The number of benzene rings is 2. The van der Waals surface area contributed by atoms with Gasteiger partial charge in [-0.15, -0.1) is 0 Å². The van der Waals surface area contributed by atoms with Crippen LogP contribution in [0.15, 0.2) is 40.2 Å². The van der Waals surface area contributed by atoms with Crippen LogP contribution < -0.4 is 9.64 Å². The summed E-state index contributed by atoms with van der Waals surface area (Å²) in [7, 11) is 0. The van der Waals surface area contributed by atoms with Crippen LogP contribution >= 0.6 is 23.1 Å². The second kappa shape index (κ2) is 7.97. The highest BCUT2D eigenvalue weighted by Crippen LogP contribution is 2.62. The van der Waals surface area contributed by atoms with Gasteiger partial charge in [0.2, 0.25) is 11.8 Å². The Hall–Kier alpha value is -3.56. The topological polar surface area (TPSA) is 139 Å². The van der Waals surface area contributed by atoms with Crippen molar-refractivity contribution >= 4 is 62.5 Å². The fourth-order valence-corrected chi connectivity index (χ4v) is 7.27. The Balaban J connectivity index is 1.22. The highest BCUT2D eigenvalue weighted by Gasteiger charge is 2.77. The van der Waals surface area contributed by atoms with Gasteiger partial charge < -0.3 is 19.1 Å². The molecule has 2 aromatic carbocycles. The number of amides is 2. The van der Waals surface area contributed by atoms with Gasteiger partial charge in [-0.3, -0.25) is 9.59 Å². The summed E-state index contributed by atoms with van der Waals surface area (Å²) in [6.45, 7) is 1.80. The lowest BCUT2D eigenvalue weighted by molar-refractivity contribution is -0.134. The van der Waals surface area contributed by atoms with E-state index in [0.717, 1.165) is 11.5 Å². The number of anilines is 1. The largest absolute Gasteiger partial charge is 0.475 e. The van der Waals surface area contributed by atoms with E-state index in [1.165, 1.54) is 4.90 Å². The zero-order valence-corrected chi connectivity index (χ0v) is 21.5. The smallest absolute Gasteiger partial charge is 0.262 e. The van der Waals surface area contributed by atoms with E-state index in [1.807, 2.05) is 0 Å². The van der Waals surface area contributed by atoms with Gasteiger partial charge in [0.05, 0.1) is 46.8 Å². The van der Waals surface area contributed by atoms with Crippen LogP contribution in [0.3, 0.4) is 0 Å². The number of nitriles is 1. The highest BCUT2D eigenvalue weighted by molar-refractivity contribution is 7.04. The van der Waals surface area contributed by atoms with E-state index in [0.29, 0.717) is 38.1 Å². The first-order chi connectivity index (χ1) is 18.3. The minimum Gasteiger partial charge on any atom is -0.475 e. The maximum atomic E-state index is 13.9. The first-order valence-corrected chi connectivity index (χ1v) is 13.2. The molecule has 0 aliphatic carbocycles. The Bertz CT molecular complexity index is 1710. The number of fused-ring (bicyclic) bond motifs is 7. The summed E-state index contributed by atoms with van der Waals surface area (Å²) in [5.41, 5.74) is -0.611. The highest BCUT2D eigenvalue weighted by atomic mass is 35.5. The van der Waals surface area contributed by atoms with Crippen molar-refractivity contribution in [2.24, 2.45) is 11.8 Å². The van der Waals surface area contributed by atoms with Crippen LogP contribution in [0, 0.1) is 23.2 Å². The molecule has 38 heavy (non-hydrogen) atoms. The van der Waals surface area contributed by atoms with E-state index in [-0.39, 0.29) is 25.3 Å². The fourth-order valence-electron chi connectivity index (χ4n) is 6.40. The number of hydrogen-bond acceptors (Lipinski definition) is 10. The van der Waals surface area contributed by atoms with Gasteiger partial charge in [-0.25, -0.2) is 4.90 Å². The first kappa shape index (κ1) is 23.5. The molecule has 1 N–H and O–H groups in total. The van der Waals surface area contributed by atoms with E-state index < -0.39 is 41.0 Å². The molecule has 3 fully saturated rings. The number of aliphatic hydroxyl groups is 1. The van der Waals surface area contributed by atoms with Gasteiger partial charge in [0, 0.05) is 28.6 Å². The summed E-state index contributed by atoms with van der Waals surface area (Å²) in [5, 5.41) is 27.8. The number of ether oxygens (including phenoxy) is 2. The molecule has 3 aliphatic heterocycles. The summed E-state index contributed by atoms with van der Waals surface area (Å²) < 4.78 is 21.9. The summed E-state index contributed by atoms with van der Waals surface area (Å²) in [6, 6.07) is 10.3. The molecule has 2 amide bonds. The molecule has 10 nitrogen and oxygen atoms in total. The number of nitrogens with zero attached hydrogens (tertiary/aromatic N) is 4. The van der Waals surface area contributed by atoms with Crippen molar-refractivity contribution in [3.8, 4) is 11.9 Å². The molecule has 2 aromatic heterocycles. The van der Waals surface area contributed by atoms with Gasteiger partial charge in [-0.2, -0.15) is 9.64 Å². The predicted molar refractivity (Wildman–Crippen MR) is 136 cm³/mol. The van der Waals surface area contributed by atoms with Gasteiger partial charge in [0.25, 0.3) is 5.88 Å². The molecule has 192 valence electrons. The van der Waals surface area contributed by atoms with Crippen LogP contribution in [0.2, 0.25) is 5.02 Å². The number of hydrogen-bond donors (Lipinski definition) is 1. The van der Waals surface area contributed by atoms with Crippen LogP contribution in [0.5, 0.6) is 5.88 Å². The Morgan fingerprint density at radius 1 is 1.26 bits per heavy atom. The minimum atomic E-state index is -1.22. The Kier molecular flexibility index (Phi) is 4.94. The van der Waals surface area contributed by atoms with Gasteiger partial charge in [0.15, 0.2) is 5.58 Å². The second-order valence-corrected chi connectivity index (χ2v) is 11.2.